The number of hydrogen-bond acceptors (Lipinski definition) is 4. The molecule has 0 saturated heterocycles. The third-order valence-corrected chi connectivity index (χ3v) is 5.42. The highest BCUT2D eigenvalue weighted by Gasteiger charge is 2.22. The van der Waals surface area contributed by atoms with Gasteiger partial charge in [0.15, 0.2) is 0 Å². The zero-order chi connectivity index (χ0) is 22.0. The fraction of sp³-hybridized carbons (Fsp3) is 0.696. The molecule has 7 nitrogen and oxygen atoms in total. The van der Waals surface area contributed by atoms with Crippen LogP contribution in [-0.2, 0) is 11.3 Å². The van der Waals surface area contributed by atoms with Crippen molar-refractivity contribution in [1.82, 2.24) is 20.1 Å². The van der Waals surface area contributed by atoms with Crippen molar-refractivity contribution in [1.29, 1.82) is 0 Å². The fourth-order valence-electron chi connectivity index (χ4n) is 3.62. The van der Waals surface area contributed by atoms with Crippen molar-refractivity contribution in [2.75, 3.05) is 26.7 Å². The van der Waals surface area contributed by atoms with Crippen molar-refractivity contribution >= 4 is 12.1 Å². The van der Waals surface area contributed by atoms with Gasteiger partial charge in [0.1, 0.15) is 5.60 Å². The summed E-state index contributed by atoms with van der Waals surface area (Å²) in [4.78, 5) is 32.5. The number of carbonyl (C=O) groups is 2. The van der Waals surface area contributed by atoms with E-state index < -0.39 is 5.60 Å². The number of hydrogen-bond donors (Lipinski definition) is 1. The average Bonchev–Trinajstić information content (AvgIpc) is 2.72. The number of pyridine rings is 1. The molecule has 1 N–H and O–H groups in total. The number of urea groups is 1. The van der Waals surface area contributed by atoms with Gasteiger partial charge in [-0.2, -0.15) is 0 Å². The molecule has 0 atom stereocenters. The molecule has 7 heteroatoms. The molecule has 1 fully saturated rings. The highest BCUT2D eigenvalue weighted by molar-refractivity contribution is 5.74. The standard InChI is InChI=1S/C23H38N4O3/c1-23(2,3)30-22(29)26(4)16-17-27(15-12-19-8-6-5-7-9-19)21(28)25-18-20-10-13-24-14-11-20/h10-11,13-14,19H,5-9,12,15-18H2,1-4H3,(H,25,28). The van der Waals surface area contributed by atoms with Gasteiger partial charge in [-0.25, -0.2) is 9.59 Å². The Morgan fingerprint density at radius 1 is 1.10 bits per heavy atom. The topological polar surface area (TPSA) is 74.8 Å². The minimum atomic E-state index is -0.534. The summed E-state index contributed by atoms with van der Waals surface area (Å²) in [6.07, 6.45) is 10.5. The number of nitrogens with one attached hydrogen (secondary N) is 1. The van der Waals surface area contributed by atoms with Crippen molar-refractivity contribution < 1.29 is 14.3 Å². The van der Waals surface area contributed by atoms with Crippen LogP contribution >= 0.6 is 0 Å². The first kappa shape index (κ1) is 24.0. The Bertz CT molecular complexity index is 654. The summed E-state index contributed by atoms with van der Waals surface area (Å²) in [5.41, 5.74) is 0.477. The Morgan fingerprint density at radius 2 is 1.77 bits per heavy atom. The third-order valence-electron chi connectivity index (χ3n) is 5.42. The van der Waals surface area contributed by atoms with Crippen LogP contribution in [0, 0.1) is 5.92 Å². The lowest BCUT2D eigenvalue weighted by atomic mass is 9.87. The molecule has 0 unspecified atom stereocenters. The van der Waals surface area contributed by atoms with Crippen LogP contribution in [0.25, 0.3) is 0 Å². The normalized spacial score (nSPS) is 14.8. The smallest absolute Gasteiger partial charge is 0.410 e. The quantitative estimate of drug-likeness (QED) is 0.678. The summed E-state index contributed by atoms with van der Waals surface area (Å²) >= 11 is 0. The molecule has 168 valence electrons. The molecule has 1 aromatic rings. The van der Waals surface area contributed by atoms with Crippen molar-refractivity contribution in [2.45, 2.75) is 71.4 Å². The largest absolute Gasteiger partial charge is 0.444 e. The number of rotatable bonds is 8. The molecule has 3 amide bonds. The minimum Gasteiger partial charge on any atom is -0.444 e. The van der Waals surface area contributed by atoms with Gasteiger partial charge in [0, 0.05) is 45.6 Å². The summed E-state index contributed by atoms with van der Waals surface area (Å²) in [7, 11) is 1.71. The van der Waals surface area contributed by atoms with E-state index in [0.717, 1.165) is 12.0 Å². The monoisotopic (exact) mass is 418 g/mol. The van der Waals surface area contributed by atoms with E-state index in [-0.39, 0.29) is 12.1 Å². The van der Waals surface area contributed by atoms with E-state index in [9.17, 15) is 9.59 Å². The van der Waals surface area contributed by atoms with Crippen LogP contribution < -0.4 is 5.32 Å². The SMILES string of the molecule is CN(CCN(CCC1CCCCC1)C(=O)NCc1ccncc1)C(=O)OC(C)(C)C. The Labute approximate surface area is 181 Å². The molecule has 2 rings (SSSR count). The summed E-state index contributed by atoms with van der Waals surface area (Å²) in [6, 6.07) is 3.69. The zero-order valence-electron chi connectivity index (χ0n) is 19.0. The maximum atomic E-state index is 12.9. The van der Waals surface area contributed by atoms with Crippen molar-refractivity contribution in [3.63, 3.8) is 0 Å². The Hall–Kier alpha value is -2.31. The lowest BCUT2D eigenvalue weighted by Crippen LogP contribution is -2.45. The average molecular weight is 419 g/mol. The zero-order valence-corrected chi connectivity index (χ0v) is 19.0. The second kappa shape index (κ2) is 11.8. The Balaban J connectivity index is 1.89. The van der Waals surface area contributed by atoms with E-state index in [4.69, 9.17) is 4.74 Å². The van der Waals surface area contributed by atoms with E-state index >= 15 is 0 Å². The van der Waals surface area contributed by atoms with Gasteiger partial charge >= 0.3 is 12.1 Å². The van der Waals surface area contributed by atoms with Crippen LogP contribution in [0.1, 0.15) is 64.9 Å². The Morgan fingerprint density at radius 3 is 2.40 bits per heavy atom. The Kier molecular flexibility index (Phi) is 9.40. The maximum absolute atomic E-state index is 12.9. The number of amides is 3. The van der Waals surface area contributed by atoms with Crippen LogP contribution in [0.4, 0.5) is 9.59 Å². The molecule has 1 aliphatic carbocycles. The van der Waals surface area contributed by atoms with Gasteiger partial charge in [-0.1, -0.05) is 32.1 Å². The molecule has 30 heavy (non-hydrogen) atoms. The summed E-state index contributed by atoms with van der Waals surface area (Å²) in [5.74, 6) is 0.692. The van der Waals surface area contributed by atoms with Gasteiger partial charge in [0.05, 0.1) is 0 Å². The number of nitrogens with zero attached hydrogens (tertiary/aromatic N) is 3. The molecule has 0 aliphatic heterocycles. The number of carbonyl (C=O) groups excluding carboxylic acids is 2. The van der Waals surface area contributed by atoms with E-state index in [2.05, 4.69) is 10.3 Å². The van der Waals surface area contributed by atoms with E-state index in [1.165, 1.54) is 37.0 Å². The summed E-state index contributed by atoms with van der Waals surface area (Å²) in [5, 5.41) is 3.00. The summed E-state index contributed by atoms with van der Waals surface area (Å²) in [6.45, 7) is 7.62. The first-order valence-corrected chi connectivity index (χ1v) is 11.1. The van der Waals surface area contributed by atoms with Gasteiger partial charge in [0.2, 0.25) is 0 Å². The highest BCUT2D eigenvalue weighted by atomic mass is 16.6. The maximum Gasteiger partial charge on any atom is 0.410 e. The minimum absolute atomic E-state index is 0.0970. The molecule has 0 spiro atoms. The lowest BCUT2D eigenvalue weighted by molar-refractivity contribution is 0.0286. The molecule has 0 bridgehead atoms. The molecule has 1 heterocycles. The van der Waals surface area contributed by atoms with Crippen LogP contribution in [0.3, 0.4) is 0 Å². The second-order valence-electron chi connectivity index (χ2n) is 9.20. The second-order valence-corrected chi connectivity index (χ2v) is 9.20. The van der Waals surface area contributed by atoms with E-state index in [1.807, 2.05) is 37.8 Å². The van der Waals surface area contributed by atoms with Gasteiger partial charge in [-0.05, 0) is 50.8 Å². The first-order chi connectivity index (χ1) is 14.2. The first-order valence-electron chi connectivity index (χ1n) is 11.1. The van der Waals surface area contributed by atoms with Gasteiger partial charge < -0.3 is 19.9 Å². The van der Waals surface area contributed by atoms with Crippen molar-refractivity contribution in [2.24, 2.45) is 5.92 Å². The molecule has 1 aromatic heterocycles. The molecular weight excluding hydrogens is 380 g/mol. The van der Waals surface area contributed by atoms with Crippen LogP contribution in [-0.4, -0.2) is 59.2 Å². The van der Waals surface area contributed by atoms with Gasteiger partial charge in [0.25, 0.3) is 0 Å². The van der Waals surface area contributed by atoms with Crippen molar-refractivity contribution in [3.05, 3.63) is 30.1 Å². The van der Waals surface area contributed by atoms with Crippen molar-refractivity contribution in [3.8, 4) is 0 Å². The van der Waals surface area contributed by atoms with E-state index in [1.54, 1.807) is 19.4 Å². The third kappa shape index (κ3) is 9.01. The molecular formula is C23H38N4O3. The molecule has 0 radical (unpaired) electrons. The van der Waals surface area contributed by atoms with Crippen LogP contribution in [0.5, 0.6) is 0 Å². The highest BCUT2D eigenvalue weighted by Crippen LogP contribution is 2.26. The van der Waals surface area contributed by atoms with Gasteiger partial charge in [-0.15, -0.1) is 0 Å². The molecule has 0 aromatic carbocycles. The predicted octanol–water partition coefficient (Wildman–Crippen LogP) is 4.43. The fourth-order valence-corrected chi connectivity index (χ4v) is 3.62. The molecule has 1 aliphatic rings. The van der Waals surface area contributed by atoms with Gasteiger partial charge in [-0.3, -0.25) is 4.98 Å². The van der Waals surface area contributed by atoms with Crippen LogP contribution in [0.15, 0.2) is 24.5 Å². The molecule has 1 saturated carbocycles. The predicted molar refractivity (Wildman–Crippen MR) is 118 cm³/mol. The van der Waals surface area contributed by atoms with Crippen LogP contribution in [0.2, 0.25) is 0 Å². The summed E-state index contributed by atoms with van der Waals surface area (Å²) < 4.78 is 5.41. The number of aromatic nitrogens is 1. The number of ether oxygens (including phenoxy) is 1. The number of likely N-dealkylation sites (N-methyl/N-ethyl adjacent to an activating group) is 1. The lowest BCUT2D eigenvalue weighted by Gasteiger charge is -2.30. The van der Waals surface area contributed by atoms with E-state index in [0.29, 0.717) is 32.1 Å².